The highest BCUT2D eigenvalue weighted by Gasteiger charge is 1.89. The number of rotatable bonds is 2. The largest absolute Gasteiger partial charge is 0.0544 e. The summed E-state index contributed by atoms with van der Waals surface area (Å²) in [7, 11) is 0. The summed E-state index contributed by atoms with van der Waals surface area (Å²) < 4.78 is 2.54. The fraction of sp³-hybridized carbons (Fsp3) is 0. The number of benzene rings is 2. The molecule has 0 aromatic heterocycles. The molecule has 0 aliphatic rings. The molecule has 0 atom stereocenters. The van der Waals surface area contributed by atoms with Gasteiger partial charge < -0.3 is 0 Å². The third-order valence-corrected chi connectivity index (χ3v) is 3.65. The van der Waals surface area contributed by atoms with Crippen molar-refractivity contribution in [2.24, 2.45) is 0 Å². The van der Waals surface area contributed by atoms with Crippen LogP contribution in [0.25, 0.3) is 12.2 Å². The molecule has 0 unspecified atom stereocenters. The van der Waals surface area contributed by atoms with Gasteiger partial charge in [-0.05, 0) is 80.6 Å². The summed E-state index contributed by atoms with van der Waals surface area (Å²) in [6.07, 6.45) is 4.27. The molecule has 0 aliphatic carbocycles. The first-order valence-corrected chi connectivity index (χ1v) is 7.09. The second-order valence-electron chi connectivity index (χ2n) is 3.44. The van der Waals surface area contributed by atoms with Crippen LogP contribution in [-0.4, -0.2) is 0 Å². The standard InChI is InChI=1S/C14H10I2/c15-13-7-3-11(4-8-13)1-2-12-5-9-14(16)10-6-12/h1-10H/b2-1+. The van der Waals surface area contributed by atoms with E-state index in [1.807, 2.05) is 0 Å². The van der Waals surface area contributed by atoms with Gasteiger partial charge in [0.25, 0.3) is 0 Å². The lowest BCUT2D eigenvalue weighted by molar-refractivity contribution is 1.60. The first kappa shape index (κ1) is 12.1. The molecule has 0 spiro atoms. The van der Waals surface area contributed by atoms with E-state index < -0.39 is 0 Å². The third-order valence-electron chi connectivity index (χ3n) is 2.21. The maximum absolute atomic E-state index is 2.32. The maximum Gasteiger partial charge on any atom is 0.0130 e. The molecule has 0 saturated carbocycles. The predicted molar refractivity (Wildman–Crippen MR) is 87.2 cm³/mol. The highest BCUT2D eigenvalue weighted by molar-refractivity contribution is 14.1. The molecule has 0 heterocycles. The van der Waals surface area contributed by atoms with Crippen molar-refractivity contribution in [1.29, 1.82) is 0 Å². The molecule has 0 aliphatic heterocycles. The van der Waals surface area contributed by atoms with Crippen molar-refractivity contribution >= 4 is 57.3 Å². The van der Waals surface area contributed by atoms with E-state index in [4.69, 9.17) is 0 Å². The molecule has 80 valence electrons. The van der Waals surface area contributed by atoms with Crippen molar-refractivity contribution in [2.45, 2.75) is 0 Å². The summed E-state index contributed by atoms with van der Waals surface area (Å²) in [5, 5.41) is 0. The van der Waals surface area contributed by atoms with Crippen molar-refractivity contribution in [3.8, 4) is 0 Å². The van der Waals surface area contributed by atoms with E-state index >= 15 is 0 Å². The number of halogens is 2. The molecular formula is C14H10I2. The van der Waals surface area contributed by atoms with Gasteiger partial charge in [-0.3, -0.25) is 0 Å². The molecule has 0 N–H and O–H groups in total. The molecule has 0 amide bonds. The van der Waals surface area contributed by atoms with E-state index in [9.17, 15) is 0 Å². The second-order valence-corrected chi connectivity index (χ2v) is 5.93. The highest BCUT2D eigenvalue weighted by atomic mass is 127. The van der Waals surface area contributed by atoms with E-state index in [0.29, 0.717) is 0 Å². The minimum atomic E-state index is 1.24. The lowest BCUT2D eigenvalue weighted by Gasteiger charge is -1.95. The Kier molecular flexibility index (Phi) is 4.40. The van der Waals surface area contributed by atoms with Gasteiger partial charge in [0.15, 0.2) is 0 Å². The lowest BCUT2D eigenvalue weighted by Crippen LogP contribution is -1.75. The molecule has 0 saturated heterocycles. The van der Waals surface area contributed by atoms with Crippen molar-refractivity contribution in [3.05, 3.63) is 66.8 Å². The van der Waals surface area contributed by atoms with Crippen LogP contribution in [0.1, 0.15) is 11.1 Å². The Morgan fingerprint density at radius 1 is 0.562 bits per heavy atom. The van der Waals surface area contributed by atoms with E-state index in [2.05, 4.69) is 106 Å². The van der Waals surface area contributed by atoms with Crippen LogP contribution in [0.15, 0.2) is 48.5 Å². The molecule has 0 fully saturated rings. The quantitative estimate of drug-likeness (QED) is 0.460. The first-order chi connectivity index (χ1) is 7.74. The lowest BCUT2D eigenvalue weighted by atomic mass is 10.1. The van der Waals surface area contributed by atoms with E-state index in [0.717, 1.165) is 0 Å². The van der Waals surface area contributed by atoms with Crippen LogP contribution in [0.3, 0.4) is 0 Å². The molecular weight excluding hydrogens is 422 g/mol. The van der Waals surface area contributed by atoms with Crippen molar-refractivity contribution < 1.29 is 0 Å². The third kappa shape index (κ3) is 3.59. The monoisotopic (exact) mass is 432 g/mol. The predicted octanol–water partition coefficient (Wildman–Crippen LogP) is 5.07. The summed E-state index contributed by atoms with van der Waals surface area (Å²) in [5.41, 5.74) is 2.47. The molecule has 0 bridgehead atoms. The maximum atomic E-state index is 2.32. The Morgan fingerprint density at radius 3 is 1.19 bits per heavy atom. The van der Waals surface area contributed by atoms with Crippen molar-refractivity contribution in [1.82, 2.24) is 0 Å². The average molecular weight is 432 g/mol. The van der Waals surface area contributed by atoms with Crippen molar-refractivity contribution in [3.63, 3.8) is 0 Å². The minimum Gasteiger partial charge on any atom is -0.0544 e. The van der Waals surface area contributed by atoms with E-state index in [-0.39, 0.29) is 0 Å². The first-order valence-electron chi connectivity index (χ1n) is 4.93. The molecule has 2 aromatic rings. The van der Waals surface area contributed by atoms with E-state index in [1.165, 1.54) is 18.3 Å². The Labute approximate surface area is 123 Å². The Hall–Kier alpha value is -0.360. The normalized spacial score (nSPS) is 10.9. The zero-order valence-electron chi connectivity index (χ0n) is 8.53. The SMILES string of the molecule is Ic1ccc(/C=C/c2ccc(I)cc2)cc1. The van der Waals surface area contributed by atoms with Gasteiger partial charge in [-0.15, -0.1) is 0 Å². The van der Waals surface area contributed by atoms with E-state index in [1.54, 1.807) is 0 Å². The molecule has 16 heavy (non-hydrogen) atoms. The van der Waals surface area contributed by atoms with Gasteiger partial charge in [0.1, 0.15) is 0 Å². The summed E-state index contributed by atoms with van der Waals surface area (Å²) in [5.74, 6) is 0. The second kappa shape index (κ2) is 5.82. The van der Waals surface area contributed by atoms with Crippen LogP contribution in [0.2, 0.25) is 0 Å². The molecule has 2 heteroatoms. The van der Waals surface area contributed by atoms with Crippen LogP contribution < -0.4 is 0 Å². The summed E-state index contributed by atoms with van der Waals surface area (Å²) in [6.45, 7) is 0. The Balaban J connectivity index is 2.15. The number of hydrogen-bond acceptors (Lipinski definition) is 0. The molecule has 0 radical (unpaired) electrons. The fourth-order valence-electron chi connectivity index (χ4n) is 1.34. The molecule has 0 nitrogen and oxygen atoms in total. The Bertz CT molecular complexity index is 434. The number of hydrogen-bond donors (Lipinski definition) is 0. The summed E-state index contributed by atoms with van der Waals surface area (Å²) in [4.78, 5) is 0. The fourth-order valence-corrected chi connectivity index (χ4v) is 2.06. The van der Waals surface area contributed by atoms with Crippen molar-refractivity contribution in [2.75, 3.05) is 0 Å². The highest BCUT2D eigenvalue weighted by Crippen LogP contribution is 2.12. The summed E-state index contributed by atoms with van der Waals surface area (Å²) in [6, 6.07) is 17.0. The zero-order chi connectivity index (χ0) is 11.4. The molecule has 2 aromatic carbocycles. The van der Waals surface area contributed by atoms with Gasteiger partial charge in [0, 0.05) is 7.14 Å². The van der Waals surface area contributed by atoms with Crippen LogP contribution in [0.4, 0.5) is 0 Å². The van der Waals surface area contributed by atoms with Gasteiger partial charge in [-0.2, -0.15) is 0 Å². The van der Waals surface area contributed by atoms with Crippen LogP contribution >= 0.6 is 45.2 Å². The minimum absolute atomic E-state index is 1.24. The average Bonchev–Trinajstić information content (AvgIpc) is 2.30. The topological polar surface area (TPSA) is 0 Å². The van der Waals surface area contributed by atoms with Gasteiger partial charge >= 0.3 is 0 Å². The van der Waals surface area contributed by atoms with Crippen LogP contribution in [0, 0.1) is 7.14 Å². The van der Waals surface area contributed by atoms with Gasteiger partial charge in [-0.25, -0.2) is 0 Å². The Morgan fingerprint density at radius 2 is 0.875 bits per heavy atom. The molecule has 2 rings (SSSR count). The zero-order valence-corrected chi connectivity index (χ0v) is 12.8. The summed E-state index contributed by atoms with van der Waals surface area (Å²) >= 11 is 4.63. The van der Waals surface area contributed by atoms with Gasteiger partial charge in [0.05, 0.1) is 0 Å². The smallest absolute Gasteiger partial charge is 0.0130 e. The van der Waals surface area contributed by atoms with Gasteiger partial charge in [0.2, 0.25) is 0 Å². The van der Waals surface area contributed by atoms with Gasteiger partial charge in [-0.1, -0.05) is 36.4 Å². The van der Waals surface area contributed by atoms with Crippen LogP contribution in [0.5, 0.6) is 0 Å². The van der Waals surface area contributed by atoms with Crippen LogP contribution in [-0.2, 0) is 0 Å².